The molecular formula is C24H31N5O3S. The molecule has 9 heteroatoms. The van der Waals surface area contributed by atoms with E-state index in [1.165, 1.54) is 26.0 Å². The number of piperidine rings is 1. The number of aryl methyl sites for hydroxylation is 1. The second-order valence-corrected chi connectivity index (χ2v) is 10.0. The van der Waals surface area contributed by atoms with Gasteiger partial charge in [-0.25, -0.2) is 9.78 Å². The van der Waals surface area contributed by atoms with Gasteiger partial charge in [-0.05, 0) is 56.7 Å². The van der Waals surface area contributed by atoms with Crippen LogP contribution in [-0.2, 0) is 17.8 Å². The molecule has 3 heterocycles. The average molecular weight is 470 g/mol. The van der Waals surface area contributed by atoms with Crippen molar-refractivity contribution in [1.82, 2.24) is 14.1 Å². The number of rotatable bonds is 6. The molecule has 1 saturated heterocycles. The largest absolute Gasteiger partial charge is 0.348 e. The number of aromatic nitrogens is 3. The van der Waals surface area contributed by atoms with Gasteiger partial charge >= 0.3 is 5.69 Å². The van der Waals surface area contributed by atoms with E-state index < -0.39 is 5.69 Å². The molecule has 0 spiro atoms. The minimum Gasteiger partial charge on any atom is -0.348 e. The van der Waals surface area contributed by atoms with Crippen molar-refractivity contribution in [3.05, 3.63) is 50.7 Å². The number of hydrogen-bond acceptors (Lipinski definition) is 6. The van der Waals surface area contributed by atoms with Crippen LogP contribution in [0.1, 0.15) is 52.1 Å². The molecule has 8 nitrogen and oxygen atoms in total. The third-order valence-corrected chi connectivity index (χ3v) is 7.32. The zero-order chi connectivity index (χ0) is 23.7. The van der Waals surface area contributed by atoms with Gasteiger partial charge in [0.1, 0.15) is 11.2 Å². The Morgan fingerprint density at radius 3 is 2.45 bits per heavy atom. The molecule has 0 saturated carbocycles. The molecule has 0 atom stereocenters. The van der Waals surface area contributed by atoms with Gasteiger partial charge < -0.3 is 10.2 Å². The number of amides is 1. The van der Waals surface area contributed by atoms with E-state index >= 15 is 0 Å². The summed E-state index contributed by atoms with van der Waals surface area (Å²) in [5.74, 6) is 0.333. The summed E-state index contributed by atoms with van der Waals surface area (Å²) >= 11 is 1.31. The van der Waals surface area contributed by atoms with E-state index in [0.29, 0.717) is 16.3 Å². The van der Waals surface area contributed by atoms with Crippen molar-refractivity contribution >= 4 is 38.4 Å². The van der Waals surface area contributed by atoms with Crippen molar-refractivity contribution < 1.29 is 4.79 Å². The van der Waals surface area contributed by atoms with E-state index in [4.69, 9.17) is 0 Å². The Balaban J connectivity index is 1.71. The number of hydrogen-bond donors (Lipinski definition) is 1. The van der Waals surface area contributed by atoms with Crippen LogP contribution < -0.4 is 21.5 Å². The molecule has 2 aromatic heterocycles. The minimum atomic E-state index is -0.511. The summed E-state index contributed by atoms with van der Waals surface area (Å²) in [5.41, 5.74) is 1.28. The van der Waals surface area contributed by atoms with E-state index in [9.17, 15) is 14.4 Å². The fourth-order valence-corrected chi connectivity index (χ4v) is 5.20. The van der Waals surface area contributed by atoms with Crippen molar-refractivity contribution in [3.63, 3.8) is 0 Å². The van der Waals surface area contributed by atoms with E-state index in [1.54, 1.807) is 13.8 Å². The maximum absolute atomic E-state index is 13.2. The first-order valence-corrected chi connectivity index (χ1v) is 12.4. The van der Waals surface area contributed by atoms with Gasteiger partial charge in [0.05, 0.1) is 0 Å². The monoisotopic (exact) mass is 469 g/mol. The molecule has 4 rings (SSSR count). The first-order valence-electron chi connectivity index (χ1n) is 11.6. The number of anilines is 2. The highest BCUT2D eigenvalue weighted by molar-refractivity contribution is 7.22. The third-order valence-electron chi connectivity index (χ3n) is 6.22. The molecule has 0 aliphatic carbocycles. The van der Waals surface area contributed by atoms with Gasteiger partial charge in [0.2, 0.25) is 5.91 Å². The van der Waals surface area contributed by atoms with Crippen LogP contribution >= 0.6 is 11.3 Å². The van der Waals surface area contributed by atoms with E-state index in [-0.39, 0.29) is 29.7 Å². The second kappa shape index (κ2) is 9.51. The molecule has 3 aromatic rings. The van der Waals surface area contributed by atoms with E-state index in [1.807, 2.05) is 24.3 Å². The fraction of sp³-hybridized carbons (Fsp3) is 0.500. The number of nitrogens with one attached hydrogen (secondary N) is 1. The zero-order valence-electron chi connectivity index (χ0n) is 19.6. The Kier molecular flexibility index (Phi) is 6.69. The maximum Gasteiger partial charge on any atom is 0.333 e. The van der Waals surface area contributed by atoms with Crippen molar-refractivity contribution in [1.29, 1.82) is 0 Å². The number of carbonyl (C=O) groups is 1. The Hall–Kier alpha value is -2.94. The van der Waals surface area contributed by atoms with Crippen LogP contribution in [0.5, 0.6) is 0 Å². The lowest BCUT2D eigenvalue weighted by Gasteiger charge is -2.29. The molecule has 1 fully saturated rings. The predicted molar refractivity (Wildman–Crippen MR) is 134 cm³/mol. The maximum atomic E-state index is 13.2. The van der Waals surface area contributed by atoms with Gasteiger partial charge in [-0.3, -0.25) is 18.7 Å². The Morgan fingerprint density at radius 2 is 1.85 bits per heavy atom. The number of thiazole rings is 1. The van der Waals surface area contributed by atoms with Crippen LogP contribution in [0.15, 0.2) is 33.9 Å². The highest BCUT2D eigenvalue weighted by Crippen LogP contribution is 2.29. The summed E-state index contributed by atoms with van der Waals surface area (Å²) in [5, 5.41) is 3.59. The van der Waals surface area contributed by atoms with Crippen molar-refractivity contribution in [3.8, 4) is 0 Å². The summed E-state index contributed by atoms with van der Waals surface area (Å²) in [6.45, 7) is 9.43. The SMILES string of the molecule is CCc1ccc(NC(=O)Cn2c(=O)n(C(C)C)c(=O)c3sc(N4CCC(C)CC4)nc32)cc1. The van der Waals surface area contributed by atoms with Crippen molar-refractivity contribution in [2.45, 2.75) is 59.5 Å². The predicted octanol–water partition coefficient (Wildman–Crippen LogP) is 3.64. The summed E-state index contributed by atoms with van der Waals surface area (Å²) in [6, 6.07) is 7.30. The van der Waals surface area contributed by atoms with E-state index in [2.05, 4.69) is 29.0 Å². The van der Waals surface area contributed by atoms with Gasteiger partial charge in [0.25, 0.3) is 5.56 Å². The first kappa shape index (κ1) is 23.2. The highest BCUT2D eigenvalue weighted by atomic mass is 32.1. The summed E-state index contributed by atoms with van der Waals surface area (Å²) in [6.07, 6.45) is 3.05. The lowest BCUT2D eigenvalue weighted by molar-refractivity contribution is -0.116. The molecule has 1 N–H and O–H groups in total. The third kappa shape index (κ3) is 4.73. The Bertz CT molecular complexity index is 1260. The standard InChI is InChI=1S/C24H31N5O3S/c1-5-17-6-8-18(9-7-17)25-19(30)14-28-21-20(22(31)29(15(2)3)24(28)32)33-23(26-21)27-12-10-16(4)11-13-27/h6-9,15-16H,5,10-14H2,1-4H3,(H,25,30). The molecular weight excluding hydrogens is 438 g/mol. The summed E-state index contributed by atoms with van der Waals surface area (Å²) < 4.78 is 2.96. The van der Waals surface area contributed by atoms with Gasteiger partial charge in [0.15, 0.2) is 10.8 Å². The van der Waals surface area contributed by atoms with Crippen LogP contribution in [0.4, 0.5) is 10.8 Å². The first-order chi connectivity index (χ1) is 15.8. The van der Waals surface area contributed by atoms with Gasteiger partial charge in [-0.2, -0.15) is 0 Å². The number of nitrogens with zero attached hydrogens (tertiary/aromatic N) is 4. The molecule has 0 unspecified atom stereocenters. The molecule has 1 aliphatic rings. The molecule has 33 heavy (non-hydrogen) atoms. The average Bonchev–Trinajstić information content (AvgIpc) is 3.23. The molecule has 0 radical (unpaired) electrons. The number of carbonyl (C=O) groups excluding carboxylic acids is 1. The second-order valence-electron chi connectivity index (χ2n) is 9.06. The van der Waals surface area contributed by atoms with Gasteiger partial charge in [-0.15, -0.1) is 0 Å². The number of benzene rings is 1. The van der Waals surface area contributed by atoms with Crippen LogP contribution in [0.2, 0.25) is 0 Å². The molecule has 1 aromatic carbocycles. The van der Waals surface area contributed by atoms with Crippen LogP contribution in [-0.4, -0.2) is 33.1 Å². The Labute approximate surface area is 196 Å². The van der Waals surface area contributed by atoms with E-state index in [0.717, 1.165) is 37.5 Å². The van der Waals surface area contributed by atoms with Crippen LogP contribution in [0.25, 0.3) is 10.3 Å². The lowest BCUT2D eigenvalue weighted by atomic mass is 10.00. The topological polar surface area (TPSA) is 89.2 Å². The molecule has 0 bridgehead atoms. The highest BCUT2D eigenvalue weighted by Gasteiger charge is 2.24. The van der Waals surface area contributed by atoms with Crippen LogP contribution in [0, 0.1) is 5.92 Å². The fourth-order valence-electron chi connectivity index (χ4n) is 4.14. The quantitative estimate of drug-likeness (QED) is 0.595. The number of fused-ring (bicyclic) bond motifs is 1. The van der Waals surface area contributed by atoms with Gasteiger partial charge in [0, 0.05) is 24.8 Å². The molecule has 176 valence electrons. The van der Waals surface area contributed by atoms with Crippen molar-refractivity contribution in [2.75, 3.05) is 23.3 Å². The minimum absolute atomic E-state index is 0.210. The van der Waals surface area contributed by atoms with Crippen molar-refractivity contribution in [2.24, 2.45) is 5.92 Å². The lowest BCUT2D eigenvalue weighted by Crippen LogP contribution is -2.42. The Morgan fingerprint density at radius 1 is 1.18 bits per heavy atom. The normalized spacial score (nSPS) is 14.9. The van der Waals surface area contributed by atoms with Gasteiger partial charge in [-0.1, -0.05) is 37.3 Å². The molecule has 1 aliphatic heterocycles. The zero-order valence-corrected chi connectivity index (χ0v) is 20.4. The summed E-state index contributed by atoms with van der Waals surface area (Å²) in [7, 11) is 0. The molecule has 1 amide bonds. The smallest absolute Gasteiger partial charge is 0.333 e. The van der Waals surface area contributed by atoms with Crippen LogP contribution in [0.3, 0.4) is 0 Å². The summed E-state index contributed by atoms with van der Waals surface area (Å²) in [4.78, 5) is 46.1.